The first-order chi connectivity index (χ1) is 9.90. The first kappa shape index (κ1) is 16.4. The van der Waals surface area contributed by atoms with Crippen molar-refractivity contribution in [2.45, 2.75) is 25.4 Å². The Hall–Kier alpha value is -2.64. The highest BCUT2D eigenvalue weighted by atomic mass is 19.1. The minimum Gasteiger partial charge on any atom is -0.481 e. The van der Waals surface area contributed by atoms with E-state index in [1.807, 2.05) is 0 Å². The van der Waals surface area contributed by atoms with Crippen LogP contribution in [0.15, 0.2) is 24.3 Å². The molecule has 1 rings (SSSR count). The summed E-state index contributed by atoms with van der Waals surface area (Å²) in [5.41, 5.74) is 0.255. The summed E-state index contributed by atoms with van der Waals surface area (Å²) in [5, 5.41) is 21.8. The van der Waals surface area contributed by atoms with E-state index in [1.165, 1.54) is 18.2 Å². The monoisotopic (exact) mass is 298 g/mol. The molecule has 0 aliphatic carbocycles. The Labute approximate surface area is 119 Å². The molecule has 0 fully saturated rings. The quantitative estimate of drug-likeness (QED) is 0.598. The fourth-order valence-electron chi connectivity index (χ4n) is 1.55. The number of carboxylic acids is 2. The van der Waals surface area contributed by atoms with Crippen LogP contribution in [0.1, 0.15) is 18.4 Å². The maximum Gasteiger partial charge on any atom is 0.326 e. The molecular formula is C13H15FN2O5. The van der Waals surface area contributed by atoms with Gasteiger partial charge in [-0.25, -0.2) is 14.0 Å². The zero-order valence-electron chi connectivity index (χ0n) is 11.0. The summed E-state index contributed by atoms with van der Waals surface area (Å²) in [6, 6.07) is 3.70. The number of benzene rings is 1. The van der Waals surface area contributed by atoms with Gasteiger partial charge in [-0.2, -0.15) is 0 Å². The zero-order chi connectivity index (χ0) is 15.8. The number of carboxylic acid groups (broad SMARTS) is 2. The molecule has 0 aliphatic rings. The van der Waals surface area contributed by atoms with E-state index in [9.17, 15) is 18.8 Å². The number of nitrogens with one attached hydrogen (secondary N) is 2. The third-order valence-electron chi connectivity index (χ3n) is 2.65. The van der Waals surface area contributed by atoms with E-state index >= 15 is 0 Å². The molecule has 0 spiro atoms. The van der Waals surface area contributed by atoms with Crippen molar-refractivity contribution < 1.29 is 29.0 Å². The second-order valence-corrected chi connectivity index (χ2v) is 4.24. The molecule has 0 aliphatic heterocycles. The Balaban J connectivity index is 2.49. The summed E-state index contributed by atoms with van der Waals surface area (Å²) >= 11 is 0. The van der Waals surface area contributed by atoms with E-state index in [1.54, 1.807) is 6.07 Å². The number of halogens is 1. The highest BCUT2D eigenvalue weighted by Crippen LogP contribution is 2.05. The van der Waals surface area contributed by atoms with Gasteiger partial charge in [0.15, 0.2) is 0 Å². The Kier molecular flexibility index (Phi) is 6.12. The predicted molar refractivity (Wildman–Crippen MR) is 70.1 cm³/mol. The lowest BCUT2D eigenvalue weighted by Crippen LogP contribution is -2.46. The van der Waals surface area contributed by atoms with Crippen molar-refractivity contribution in [3.8, 4) is 0 Å². The molecule has 1 aromatic rings. The Bertz CT molecular complexity index is 535. The normalized spacial score (nSPS) is 11.5. The lowest BCUT2D eigenvalue weighted by molar-refractivity contribution is -0.140. The van der Waals surface area contributed by atoms with Crippen molar-refractivity contribution in [1.82, 2.24) is 10.6 Å². The van der Waals surface area contributed by atoms with E-state index in [2.05, 4.69) is 10.6 Å². The van der Waals surface area contributed by atoms with E-state index < -0.39 is 29.8 Å². The molecule has 0 aromatic heterocycles. The minimum absolute atomic E-state index is 0.107. The molecule has 0 radical (unpaired) electrons. The fraction of sp³-hybridized carbons (Fsp3) is 0.308. The number of hydrogen-bond donors (Lipinski definition) is 4. The Morgan fingerprint density at radius 1 is 1.19 bits per heavy atom. The first-order valence-electron chi connectivity index (χ1n) is 6.12. The van der Waals surface area contributed by atoms with Gasteiger partial charge in [-0.15, -0.1) is 0 Å². The maximum absolute atomic E-state index is 13.3. The van der Waals surface area contributed by atoms with Crippen LogP contribution in [0.5, 0.6) is 0 Å². The summed E-state index contributed by atoms with van der Waals surface area (Å²) < 4.78 is 13.3. The highest BCUT2D eigenvalue weighted by molar-refractivity contribution is 5.82. The van der Waals surface area contributed by atoms with Gasteiger partial charge in [0.2, 0.25) is 0 Å². The van der Waals surface area contributed by atoms with Gasteiger partial charge in [-0.1, -0.05) is 18.2 Å². The van der Waals surface area contributed by atoms with Crippen LogP contribution in [-0.2, 0) is 16.1 Å². The van der Waals surface area contributed by atoms with Gasteiger partial charge in [0.1, 0.15) is 11.9 Å². The topological polar surface area (TPSA) is 116 Å². The lowest BCUT2D eigenvalue weighted by atomic mass is 10.1. The molecule has 0 saturated heterocycles. The van der Waals surface area contributed by atoms with Crippen molar-refractivity contribution in [1.29, 1.82) is 0 Å². The van der Waals surface area contributed by atoms with Crippen LogP contribution in [-0.4, -0.2) is 34.2 Å². The number of amides is 2. The molecule has 0 unspecified atom stereocenters. The smallest absolute Gasteiger partial charge is 0.326 e. The van der Waals surface area contributed by atoms with Crippen molar-refractivity contribution in [2.24, 2.45) is 0 Å². The van der Waals surface area contributed by atoms with Crippen LogP contribution in [0.2, 0.25) is 0 Å². The molecule has 21 heavy (non-hydrogen) atoms. The number of hydrogen-bond acceptors (Lipinski definition) is 3. The van der Waals surface area contributed by atoms with E-state index in [0.29, 0.717) is 0 Å². The van der Waals surface area contributed by atoms with Crippen LogP contribution in [0.4, 0.5) is 9.18 Å². The number of carbonyl (C=O) groups is 3. The average molecular weight is 298 g/mol. The Morgan fingerprint density at radius 3 is 2.43 bits per heavy atom. The van der Waals surface area contributed by atoms with Crippen molar-refractivity contribution >= 4 is 18.0 Å². The molecule has 2 amide bonds. The fourth-order valence-corrected chi connectivity index (χ4v) is 1.55. The SMILES string of the molecule is O=C(O)CC[C@H](NC(=O)NCc1ccccc1F)C(=O)O. The summed E-state index contributed by atoms with van der Waals surface area (Å²) in [6.45, 7) is -0.107. The molecule has 0 bridgehead atoms. The lowest BCUT2D eigenvalue weighted by Gasteiger charge is -2.14. The summed E-state index contributed by atoms with van der Waals surface area (Å²) in [7, 11) is 0. The standard InChI is InChI=1S/C13H15FN2O5/c14-9-4-2-1-3-8(9)7-15-13(21)16-10(12(19)20)5-6-11(17)18/h1-4,10H,5-7H2,(H,17,18)(H,19,20)(H2,15,16,21)/t10-/m0/s1. The second kappa shape index (κ2) is 7.83. The van der Waals surface area contributed by atoms with Crippen molar-refractivity contribution in [3.05, 3.63) is 35.6 Å². The van der Waals surface area contributed by atoms with E-state index in [-0.39, 0.29) is 24.9 Å². The molecule has 0 heterocycles. The van der Waals surface area contributed by atoms with Gasteiger partial charge in [0.25, 0.3) is 0 Å². The van der Waals surface area contributed by atoms with Gasteiger partial charge in [-0.3, -0.25) is 4.79 Å². The maximum atomic E-state index is 13.3. The predicted octanol–water partition coefficient (Wildman–Crippen LogP) is 0.943. The molecule has 7 nitrogen and oxygen atoms in total. The molecule has 1 aromatic carbocycles. The molecule has 1 atom stereocenters. The zero-order valence-corrected chi connectivity index (χ0v) is 11.0. The number of urea groups is 1. The summed E-state index contributed by atoms with van der Waals surface area (Å²) in [4.78, 5) is 32.8. The third kappa shape index (κ3) is 5.89. The van der Waals surface area contributed by atoms with Crippen molar-refractivity contribution in [2.75, 3.05) is 0 Å². The minimum atomic E-state index is -1.34. The van der Waals surface area contributed by atoms with Crippen LogP contribution in [0.3, 0.4) is 0 Å². The summed E-state index contributed by atoms with van der Waals surface area (Å²) in [5.74, 6) is -2.98. The van der Waals surface area contributed by atoms with Gasteiger partial charge < -0.3 is 20.8 Å². The van der Waals surface area contributed by atoms with E-state index in [4.69, 9.17) is 10.2 Å². The summed E-state index contributed by atoms with van der Waals surface area (Å²) in [6.07, 6.45) is -0.623. The highest BCUT2D eigenvalue weighted by Gasteiger charge is 2.20. The largest absolute Gasteiger partial charge is 0.481 e. The van der Waals surface area contributed by atoms with Gasteiger partial charge in [0.05, 0.1) is 0 Å². The number of carbonyl (C=O) groups excluding carboxylic acids is 1. The third-order valence-corrected chi connectivity index (χ3v) is 2.65. The van der Waals surface area contributed by atoms with Crippen LogP contribution >= 0.6 is 0 Å². The van der Waals surface area contributed by atoms with E-state index in [0.717, 1.165) is 0 Å². The molecule has 114 valence electrons. The molecule has 0 saturated carbocycles. The first-order valence-corrected chi connectivity index (χ1v) is 6.12. The second-order valence-electron chi connectivity index (χ2n) is 4.24. The van der Waals surface area contributed by atoms with Crippen molar-refractivity contribution in [3.63, 3.8) is 0 Å². The van der Waals surface area contributed by atoms with Crippen LogP contribution in [0.25, 0.3) is 0 Å². The number of rotatable bonds is 7. The van der Waals surface area contributed by atoms with Gasteiger partial charge in [-0.05, 0) is 12.5 Å². The molecular weight excluding hydrogens is 283 g/mol. The molecule has 8 heteroatoms. The van der Waals surface area contributed by atoms with Gasteiger partial charge in [0, 0.05) is 18.5 Å². The van der Waals surface area contributed by atoms with Gasteiger partial charge >= 0.3 is 18.0 Å². The van der Waals surface area contributed by atoms with Crippen LogP contribution in [0, 0.1) is 5.82 Å². The van der Waals surface area contributed by atoms with Crippen LogP contribution < -0.4 is 10.6 Å². The molecule has 4 N–H and O–H groups in total. The number of aliphatic carboxylic acids is 2. The average Bonchev–Trinajstić information content (AvgIpc) is 2.42. The Morgan fingerprint density at radius 2 is 1.86 bits per heavy atom.